The lowest BCUT2D eigenvalue weighted by Crippen LogP contribution is -1.89. The van der Waals surface area contributed by atoms with Crippen molar-refractivity contribution in [2.45, 2.75) is 0 Å². The largest absolute Gasteiger partial charge is 0.202 e. The van der Waals surface area contributed by atoms with E-state index in [1.165, 1.54) is 0 Å². The molecule has 1 aromatic heterocycles. The smallest absolute Gasteiger partial charge is 0.176 e. The second kappa shape index (κ2) is 3.21. The van der Waals surface area contributed by atoms with Crippen molar-refractivity contribution < 1.29 is 8.78 Å². The monoisotopic (exact) mass is 328 g/mol. The molecular formula is C6Br2F2N2S. The van der Waals surface area contributed by atoms with E-state index in [1.807, 2.05) is 0 Å². The van der Waals surface area contributed by atoms with E-state index in [0.717, 1.165) is 11.7 Å². The molecule has 2 rings (SSSR count). The first-order chi connectivity index (χ1) is 6.13. The summed E-state index contributed by atoms with van der Waals surface area (Å²) in [6.07, 6.45) is 0. The van der Waals surface area contributed by atoms with Crippen LogP contribution in [-0.4, -0.2) is 8.75 Å². The van der Waals surface area contributed by atoms with Gasteiger partial charge in [0.25, 0.3) is 0 Å². The average molecular weight is 330 g/mol. The van der Waals surface area contributed by atoms with Crippen molar-refractivity contribution in [3.8, 4) is 0 Å². The summed E-state index contributed by atoms with van der Waals surface area (Å²) >= 11 is 6.73. The van der Waals surface area contributed by atoms with Gasteiger partial charge in [-0.3, -0.25) is 0 Å². The number of rotatable bonds is 0. The minimum absolute atomic E-state index is 0.0111. The number of nitrogens with zero attached hydrogens (tertiary/aromatic N) is 2. The minimum atomic E-state index is -0.952. The number of benzene rings is 1. The molecule has 0 unspecified atom stereocenters. The molecule has 2 aromatic rings. The van der Waals surface area contributed by atoms with Crippen molar-refractivity contribution in [1.82, 2.24) is 8.75 Å². The summed E-state index contributed by atoms with van der Waals surface area (Å²) in [5.41, 5.74) is 0.659. The van der Waals surface area contributed by atoms with Crippen LogP contribution in [-0.2, 0) is 0 Å². The van der Waals surface area contributed by atoms with E-state index in [0.29, 0.717) is 11.0 Å². The van der Waals surface area contributed by atoms with Crippen LogP contribution in [0.15, 0.2) is 8.95 Å². The van der Waals surface area contributed by atoms with Crippen LogP contribution in [0.4, 0.5) is 8.78 Å². The zero-order valence-electron chi connectivity index (χ0n) is 5.81. The van der Waals surface area contributed by atoms with Gasteiger partial charge in [-0.2, -0.15) is 8.75 Å². The van der Waals surface area contributed by atoms with E-state index >= 15 is 0 Å². The molecular weight excluding hydrogens is 330 g/mol. The van der Waals surface area contributed by atoms with Gasteiger partial charge in [-0.05, 0) is 31.9 Å². The van der Waals surface area contributed by atoms with E-state index in [1.54, 1.807) is 0 Å². The summed E-state index contributed by atoms with van der Waals surface area (Å²) < 4.78 is 33.8. The van der Waals surface area contributed by atoms with Crippen molar-refractivity contribution in [2.75, 3.05) is 0 Å². The SMILES string of the molecule is Fc1c(F)c(Br)c2nsnc2c1Br. The Labute approximate surface area is 92.5 Å². The van der Waals surface area contributed by atoms with Gasteiger partial charge in [0.2, 0.25) is 0 Å². The highest BCUT2D eigenvalue weighted by molar-refractivity contribution is 9.11. The maximum atomic E-state index is 13.1. The minimum Gasteiger partial charge on any atom is -0.202 e. The molecule has 0 bridgehead atoms. The Balaban J connectivity index is 3.02. The summed E-state index contributed by atoms with van der Waals surface area (Å²) in [4.78, 5) is 0. The molecule has 0 N–H and O–H groups in total. The first-order valence-corrected chi connectivity index (χ1v) is 5.38. The molecule has 0 saturated carbocycles. The number of fused-ring (bicyclic) bond motifs is 1. The third kappa shape index (κ3) is 1.29. The molecule has 1 heterocycles. The number of aromatic nitrogens is 2. The first kappa shape index (κ1) is 9.42. The van der Waals surface area contributed by atoms with Crippen molar-refractivity contribution >= 4 is 54.6 Å². The van der Waals surface area contributed by atoms with Crippen LogP contribution in [0.3, 0.4) is 0 Å². The maximum Gasteiger partial charge on any atom is 0.176 e. The van der Waals surface area contributed by atoms with Gasteiger partial charge in [0.05, 0.1) is 20.7 Å². The van der Waals surface area contributed by atoms with E-state index in [9.17, 15) is 8.78 Å². The highest BCUT2D eigenvalue weighted by Gasteiger charge is 2.19. The molecule has 0 fully saturated rings. The first-order valence-electron chi connectivity index (χ1n) is 3.07. The Morgan fingerprint density at radius 1 is 0.923 bits per heavy atom. The maximum absolute atomic E-state index is 13.1. The van der Waals surface area contributed by atoms with Gasteiger partial charge in [0, 0.05) is 0 Å². The summed E-state index contributed by atoms with van der Waals surface area (Å²) in [5, 5.41) is 0. The molecule has 0 saturated heterocycles. The summed E-state index contributed by atoms with van der Waals surface area (Å²) in [6.45, 7) is 0. The highest BCUT2D eigenvalue weighted by atomic mass is 79.9. The number of halogens is 4. The molecule has 13 heavy (non-hydrogen) atoms. The fourth-order valence-electron chi connectivity index (χ4n) is 0.877. The van der Waals surface area contributed by atoms with Gasteiger partial charge >= 0.3 is 0 Å². The third-order valence-corrected chi connectivity index (χ3v) is 3.46. The number of hydrogen-bond donors (Lipinski definition) is 0. The standard InChI is InChI=1S/C6Br2F2N2S/c7-1-3(9)4(10)2(8)6-5(1)11-13-12-6. The van der Waals surface area contributed by atoms with Gasteiger partial charge < -0.3 is 0 Å². The summed E-state index contributed by atoms with van der Waals surface area (Å²) in [7, 11) is 0. The lowest BCUT2D eigenvalue weighted by atomic mass is 10.3. The van der Waals surface area contributed by atoms with Gasteiger partial charge in [-0.25, -0.2) is 8.78 Å². The van der Waals surface area contributed by atoms with Crippen molar-refractivity contribution in [3.05, 3.63) is 20.6 Å². The van der Waals surface area contributed by atoms with Gasteiger partial charge in [0.15, 0.2) is 11.6 Å². The second-order valence-corrected chi connectivity index (χ2v) is 4.33. The molecule has 1 aromatic carbocycles. The lowest BCUT2D eigenvalue weighted by molar-refractivity contribution is 0.502. The fourth-order valence-corrected chi connectivity index (χ4v) is 2.57. The zero-order valence-corrected chi connectivity index (χ0v) is 9.80. The zero-order chi connectivity index (χ0) is 9.59. The van der Waals surface area contributed by atoms with Crippen molar-refractivity contribution in [3.63, 3.8) is 0 Å². The molecule has 0 aliphatic heterocycles. The Morgan fingerprint density at radius 3 is 1.69 bits per heavy atom. The van der Waals surface area contributed by atoms with Gasteiger partial charge in [-0.1, -0.05) is 0 Å². The Kier molecular flexibility index (Phi) is 2.33. The molecule has 0 amide bonds. The molecule has 2 nitrogen and oxygen atoms in total. The molecule has 0 radical (unpaired) electrons. The molecule has 7 heteroatoms. The molecule has 68 valence electrons. The topological polar surface area (TPSA) is 25.8 Å². The quantitative estimate of drug-likeness (QED) is 0.546. The van der Waals surface area contributed by atoms with Gasteiger partial charge in [-0.15, -0.1) is 0 Å². The van der Waals surface area contributed by atoms with Gasteiger partial charge in [0.1, 0.15) is 11.0 Å². The van der Waals surface area contributed by atoms with Crippen LogP contribution < -0.4 is 0 Å². The Bertz CT molecular complexity index is 443. The van der Waals surface area contributed by atoms with Crippen LogP contribution in [0.25, 0.3) is 11.0 Å². The molecule has 0 spiro atoms. The van der Waals surface area contributed by atoms with Crippen LogP contribution in [0.2, 0.25) is 0 Å². The fraction of sp³-hybridized carbons (Fsp3) is 0. The normalized spacial score (nSPS) is 11.1. The number of hydrogen-bond acceptors (Lipinski definition) is 3. The van der Waals surface area contributed by atoms with E-state index in [4.69, 9.17) is 0 Å². The van der Waals surface area contributed by atoms with Crippen LogP contribution in [0.1, 0.15) is 0 Å². The third-order valence-electron chi connectivity index (χ3n) is 1.48. The van der Waals surface area contributed by atoms with E-state index < -0.39 is 11.6 Å². The predicted octanol–water partition coefficient (Wildman–Crippen LogP) is 3.49. The predicted molar refractivity (Wildman–Crippen MR) is 52.7 cm³/mol. The average Bonchev–Trinajstić information content (AvgIpc) is 2.59. The Hall–Kier alpha value is -0.140. The molecule has 0 aliphatic rings. The van der Waals surface area contributed by atoms with Crippen LogP contribution >= 0.6 is 43.6 Å². The van der Waals surface area contributed by atoms with Crippen molar-refractivity contribution in [2.24, 2.45) is 0 Å². The lowest BCUT2D eigenvalue weighted by Gasteiger charge is -1.99. The van der Waals surface area contributed by atoms with Crippen LogP contribution in [0, 0.1) is 11.6 Å². The van der Waals surface area contributed by atoms with E-state index in [-0.39, 0.29) is 8.95 Å². The summed E-state index contributed by atoms with van der Waals surface area (Å²) in [5.74, 6) is -1.90. The Morgan fingerprint density at radius 2 is 1.31 bits per heavy atom. The highest BCUT2D eigenvalue weighted by Crippen LogP contribution is 2.33. The molecule has 0 aliphatic carbocycles. The van der Waals surface area contributed by atoms with Crippen LogP contribution in [0.5, 0.6) is 0 Å². The molecule has 0 atom stereocenters. The second-order valence-electron chi connectivity index (χ2n) is 2.22. The van der Waals surface area contributed by atoms with Crippen molar-refractivity contribution in [1.29, 1.82) is 0 Å². The van der Waals surface area contributed by atoms with E-state index in [2.05, 4.69) is 40.6 Å². The summed E-state index contributed by atoms with van der Waals surface area (Å²) in [6, 6.07) is 0.